The molecule has 0 unspecified atom stereocenters. The summed E-state index contributed by atoms with van der Waals surface area (Å²) in [7, 11) is 3.63. The highest BCUT2D eigenvalue weighted by Crippen LogP contribution is 2.00. The Morgan fingerprint density at radius 3 is 2.81 bits per heavy atom. The molecule has 0 aliphatic rings. The lowest BCUT2D eigenvalue weighted by Crippen LogP contribution is -2.38. The van der Waals surface area contributed by atoms with Gasteiger partial charge in [0, 0.05) is 39.6 Å². The third-order valence-electron chi connectivity index (χ3n) is 2.10. The van der Waals surface area contributed by atoms with E-state index in [0.29, 0.717) is 6.61 Å². The average Bonchev–Trinajstić information content (AvgIpc) is 2.30. The van der Waals surface area contributed by atoms with Crippen molar-refractivity contribution in [2.45, 2.75) is 6.54 Å². The first kappa shape index (κ1) is 12.9. The van der Waals surface area contributed by atoms with Gasteiger partial charge in [-0.3, -0.25) is 4.98 Å². The molecule has 0 aliphatic carbocycles. The molecule has 1 N–H and O–H groups in total. The van der Waals surface area contributed by atoms with Crippen molar-refractivity contribution in [1.82, 2.24) is 15.2 Å². The van der Waals surface area contributed by atoms with Crippen molar-refractivity contribution in [2.24, 2.45) is 0 Å². The minimum Gasteiger partial charge on any atom is -0.383 e. The Bertz CT molecular complexity index is 318. The van der Waals surface area contributed by atoms with Crippen LogP contribution in [-0.2, 0) is 11.3 Å². The molecule has 0 aromatic carbocycles. The largest absolute Gasteiger partial charge is 0.383 e. The number of ether oxygens (including phenoxy) is 1. The van der Waals surface area contributed by atoms with Gasteiger partial charge in [-0.05, 0) is 29.9 Å². The van der Waals surface area contributed by atoms with Gasteiger partial charge in [-0.15, -0.1) is 0 Å². The minimum atomic E-state index is 0.656. The first-order valence-electron chi connectivity index (χ1n) is 5.11. The number of hydrogen-bond acceptors (Lipinski definition) is 3. The van der Waals surface area contributed by atoms with Crippen LogP contribution in [0.4, 0.5) is 0 Å². The highest BCUT2D eigenvalue weighted by Gasteiger charge is 2.03. The van der Waals surface area contributed by atoms with Gasteiger partial charge in [-0.1, -0.05) is 0 Å². The Labute approximate surface area is 102 Å². The normalized spacial score (nSPS) is 9.88. The van der Waals surface area contributed by atoms with Crippen LogP contribution in [0.2, 0.25) is 0 Å². The molecule has 88 valence electrons. The lowest BCUT2D eigenvalue weighted by molar-refractivity contribution is 0.203. The van der Waals surface area contributed by atoms with Gasteiger partial charge in [-0.2, -0.15) is 0 Å². The summed E-state index contributed by atoms with van der Waals surface area (Å²) >= 11 is 5.23. The van der Waals surface area contributed by atoms with Crippen LogP contribution in [-0.4, -0.2) is 42.3 Å². The Hall–Kier alpha value is -1.20. The van der Waals surface area contributed by atoms with Gasteiger partial charge < -0.3 is 15.0 Å². The van der Waals surface area contributed by atoms with Crippen molar-refractivity contribution in [3.8, 4) is 0 Å². The van der Waals surface area contributed by atoms with Crippen LogP contribution >= 0.6 is 12.2 Å². The maximum absolute atomic E-state index is 5.23. The number of nitrogens with one attached hydrogen (secondary N) is 1. The second kappa shape index (κ2) is 7.14. The van der Waals surface area contributed by atoms with Crippen LogP contribution in [0.15, 0.2) is 24.5 Å². The number of methoxy groups -OCH3 is 1. The maximum Gasteiger partial charge on any atom is 0.169 e. The molecule has 0 saturated carbocycles. The second-order valence-corrected chi connectivity index (χ2v) is 3.82. The molecule has 0 fully saturated rings. The van der Waals surface area contributed by atoms with E-state index in [0.717, 1.165) is 18.2 Å². The average molecular weight is 239 g/mol. The molecule has 0 aliphatic heterocycles. The summed E-state index contributed by atoms with van der Waals surface area (Å²) in [5.41, 5.74) is 1.19. The quantitative estimate of drug-likeness (QED) is 0.614. The molecule has 0 atom stereocenters. The third-order valence-corrected chi connectivity index (χ3v) is 2.55. The molecular formula is C11H17N3OS. The van der Waals surface area contributed by atoms with E-state index in [1.807, 2.05) is 24.1 Å². The van der Waals surface area contributed by atoms with Crippen LogP contribution < -0.4 is 5.32 Å². The van der Waals surface area contributed by atoms with E-state index in [2.05, 4.69) is 10.3 Å². The van der Waals surface area contributed by atoms with E-state index in [9.17, 15) is 0 Å². The van der Waals surface area contributed by atoms with Gasteiger partial charge in [0.1, 0.15) is 0 Å². The van der Waals surface area contributed by atoms with E-state index in [-0.39, 0.29) is 0 Å². The Kier molecular flexibility index (Phi) is 5.74. The van der Waals surface area contributed by atoms with Crippen molar-refractivity contribution in [1.29, 1.82) is 0 Å². The topological polar surface area (TPSA) is 37.4 Å². The fraction of sp³-hybridized carbons (Fsp3) is 0.455. The van der Waals surface area contributed by atoms with Gasteiger partial charge in [0.15, 0.2) is 5.11 Å². The molecule has 1 aromatic rings. The van der Waals surface area contributed by atoms with Crippen LogP contribution in [0.5, 0.6) is 0 Å². The maximum atomic E-state index is 5.23. The molecule has 1 rings (SSSR count). The summed E-state index contributed by atoms with van der Waals surface area (Å²) in [4.78, 5) is 5.96. The molecule has 1 aromatic heterocycles. The molecule has 0 saturated heterocycles. The summed E-state index contributed by atoms with van der Waals surface area (Å²) in [5.74, 6) is 0. The molecule has 0 amide bonds. The second-order valence-electron chi connectivity index (χ2n) is 3.44. The third kappa shape index (κ3) is 4.55. The summed E-state index contributed by atoms with van der Waals surface area (Å²) in [6, 6.07) is 3.96. The fourth-order valence-corrected chi connectivity index (χ4v) is 1.40. The molecule has 0 bridgehead atoms. The van der Waals surface area contributed by atoms with Crippen molar-refractivity contribution in [2.75, 3.05) is 27.3 Å². The Balaban J connectivity index is 2.34. The number of nitrogens with zero attached hydrogens (tertiary/aromatic N) is 2. The predicted octanol–water partition coefficient (Wildman–Crippen LogP) is 1.03. The smallest absolute Gasteiger partial charge is 0.169 e. The number of thiocarbonyl (C=S) groups is 1. The molecule has 0 radical (unpaired) electrons. The highest BCUT2D eigenvalue weighted by atomic mass is 32.1. The van der Waals surface area contributed by atoms with Crippen LogP contribution in [0, 0.1) is 0 Å². The predicted molar refractivity (Wildman–Crippen MR) is 68.2 cm³/mol. The lowest BCUT2D eigenvalue weighted by atomic mass is 10.2. The zero-order valence-electron chi connectivity index (χ0n) is 9.64. The summed E-state index contributed by atoms with van der Waals surface area (Å²) in [5, 5.41) is 3.85. The van der Waals surface area contributed by atoms with Crippen molar-refractivity contribution in [3.63, 3.8) is 0 Å². The van der Waals surface area contributed by atoms with Gasteiger partial charge in [-0.25, -0.2) is 0 Å². The monoisotopic (exact) mass is 239 g/mol. The molecular weight excluding hydrogens is 222 g/mol. The van der Waals surface area contributed by atoms with Gasteiger partial charge in [0.2, 0.25) is 0 Å². The molecule has 5 heteroatoms. The molecule has 4 nitrogen and oxygen atoms in total. The number of hydrogen-bond donors (Lipinski definition) is 1. The SMILES string of the molecule is COCCNC(=S)N(C)Cc1ccncc1. The number of pyridine rings is 1. The molecule has 16 heavy (non-hydrogen) atoms. The van der Waals surface area contributed by atoms with E-state index >= 15 is 0 Å². The van der Waals surface area contributed by atoms with Crippen molar-refractivity contribution in [3.05, 3.63) is 30.1 Å². The summed E-state index contributed by atoms with van der Waals surface area (Å²) in [6.07, 6.45) is 3.56. The van der Waals surface area contributed by atoms with Crippen LogP contribution in [0.25, 0.3) is 0 Å². The summed E-state index contributed by atoms with van der Waals surface area (Å²) < 4.78 is 4.94. The Morgan fingerprint density at radius 2 is 2.19 bits per heavy atom. The minimum absolute atomic E-state index is 0.656. The van der Waals surface area contributed by atoms with E-state index in [4.69, 9.17) is 17.0 Å². The molecule has 1 heterocycles. The van der Waals surface area contributed by atoms with Crippen LogP contribution in [0.3, 0.4) is 0 Å². The fourth-order valence-electron chi connectivity index (χ4n) is 1.23. The van der Waals surface area contributed by atoms with Gasteiger partial charge >= 0.3 is 0 Å². The standard InChI is InChI=1S/C11H17N3OS/c1-14(11(16)13-7-8-15-2)9-10-3-5-12-6-4-10/h3-6H,7-9H2,1-2H3,(H,13,16). The number of rotatable bonds is 5. The van der Waals surface area contributed by atoms with Gasteiger partial charge in [0.05, 0.1) is 6.61 Å². The van der Waals surface area contributed by atoms with Crippen molar-refractivity contribution < 1.29 is 4.74 Å². The zero-order valence-corrected chi connectivity index (χ0v) is 10.5. The van der Waals surface area contributed by atoms with E-state index in [1.54, 1.807) is 19.5 Å². The molecule has 0 spiro atoms. The first-order valence-corrected chi connectivity index (χ1v) is 5.51. The van der Waals surface area contributed by atoms with Crippen LogP contribution in [0.1, 0.15) is 5.56 Å². The number of aromatic nitrogens is 1. The van der Waals surface area contributed by atoms with E-state index in [1.165, 1.54) is 5.56 Å². The highest BCUT2D eigenvalue weighted by molar-refractivity contribution is 7.80. The van der Waals surface area contributed by atoms with Crippen molar-refractivity contribution >= 4 is 17.3 Å². The summed E-state index contributed by atoms with van der Waals surface area (Å²) in [6.45, 7) is 2.17. The van der Waals surface area contributed by atoms with Gasteiger partial charge in [0.25, 0.3) is 0 Å². The Morgan fingerprint density at radius 1 is 1.50 bits per heavy atom. The van der Waals surface area contributed by atoms with E-state index < -0.39 is 0 Å². The first-order chi connectivity index (χ1) is 7.74. The lowest BCUT2D eigenvalue weighted by Gasteiger charge is -2.20. The zero-order chi connectivity index (χ0) is 11.8.